The Morgan fingerprint density at radius 1 is 0.500 bits per heavy atom. The number of halogens is 4. The number of cyclic esters (lactones) is 3. The van der Waals surface area contributed by atoms with Gasteiger partial charge in [0, 0.05) is 124 Å². The number of aldehydes is 1. The summed E-state index contributed by atoms with van der Waals surface area (Å²) < 4.78 is 23.8. The van der Waals surface area contributed by atoms with Crippen molar-refractivity contribution in [3.8, 4) is 0 Å². The van der Waals surface area contributed by atoms with Gasteiger partial charge in [-0.05, 0) is 200 Å². The number of hydrogen-bond acceptors (Lipinski definition) is 30. The van der Waals surface area contributed by atoms with Crippen LogP contribution in [0.3, 0.4) is 0 Å². The quantitative estimate of drug-likeness (QED) is 0.00317. The molecule has 0 spiro atoms. The summed E-state index contributed by atoms with van der Waals surface area (Å²) in [5.41, 5.74) is 15.5. The van der Waals surface area contributed by atoms with Gasteiger partial charge in [-0.3, -0.25) is 73.5 Å². The fourth-order valence-corrected chi connectivity index (χ4v) is 15.5. The number of nitro groups is 2. The molecule has 44 heteroatoms. The van der Waals surface area contributed by atoms with E-state index in [9.17, 15) is 78.1 Å². The van der Waals surface area contributed by atoms with Crippen LogP contribution in [0.4, 0.5) is 82.6 Å². The van der Waals surface area contributed by atoms with Crippen molar-refractivity contribution in [2.75, 3.05) is 158 Å². The summed E-state index contributed by atoms with van der Waals surface area (Å²) >= 11 is 22.6. The van der Waals surface area contributed by atoms with Crippen molar-refractivity contribution in [3.63, 3.8) is 0 Å². The molecule has 730 valence electrons. The number of imide groups is 2. The minimum atomic E-state index is -0.924. The Morgan fingerprint density at radius 2 is 0.819 bits per heavy atom. The fraction of sp³-hybridized carbons (Fsp3) is 0.245. The third-order valence-corrected chi connectivity index (χ3v) is 23.4. The number of carbonyl (C=O) groups excluding carboxylic acids is 10. The van der Waals surface area contributed by atoms with E-state index in [0.29, 0.717) is 80.9 Å². The second-order valence-corrected chi connectivity index (χ2v) is 34.1. The van der Waals surface area contributed by atoms with Gasteiger partial charge in [0.05, 0.1) is 113 Å². The molecular weight excluding hydrogens is 2020 g/mol. The standard InChI is InChI=1S/C19H17N3O4.C18H20ClN3O3S.C18H19N3O3.C16H16ClN3O3S.C7H8N2O2.C6H6N2O2.C5H3ClO2S.C3H7NO.CH3I.CH4/c1-20-12-6-8-13(9-7-12)21-10-14(26-19(21)25)11-22-17(23)15-4-2-3-5-16(15)18(22)24;1-2-9-20-12-3-5-13(6-4-12)22-11-14(25-18(22)24)10-21-17(23)15-7-8-16(19)26-15;1-19-12-6-8-13(9-7-12)20-10-14(22)11-21-17(23)15-4-2-3-5-16(15)18(21)24;1-18-10-2-4-11(5-3-10)20-9-12(23-16(20)22)8-19-15(21)13-6-7-14(17)24-13;1-8-6-2-4-7(5-3-6)9(10)11;7-5-1-3-6(4-2-5)8(9)10;6-4-2-1-3(9-4)5(7)8;1-4-2-3-5;1-2;/h2-9,14,20H,10-11H2,1H3;3-8,14,20H,2,9-11H2,1H3,(H,21,23);2-9,14,19-20,22H,10-11H2,1H3;2-7,12,18H,8-9H2,1H3,(H,19,21);2-5,8H,1H3;1-4H,7H2;1-2H,(H,7,8);3-4H,2H2,1H3;1H3;1H4/t3*14-;12-;;;;;;/m1010....../s1/i;;;;;;;;1D;. The number of anilines is 10. The number of carboxylic acid groups (broad SMARTS) is 1. The van der Waals surface area contributed by atoms with Crippen molar-refractivity contribution >= 4 is 226 Å². The van der Waals surface area contributed by atoms with E-state index in [1.165, 1.54) is 70.0 Å². The van der Waals surface area contributed by atoms with Crippen molar-refractivity contribution in [2.45, 2.75) is 45.2 Å². The topological polar surface area (TPSA) is 493 Å². The molecule has 3 aromatic heterocycles. The van der Waals surface area contributed by atoms with Crippen LogP contribution in [0, 0.1) is 20.2 Å². The van der Waals surface area contributed by atoms with E-state index in [-0.39, 0.29) is 111 Å². The van der Waals surface area contributed by atoms with E-state index < -0.39 is 46.3 Å². The molecule has 8 aromatic carbocycles. The number of nitrogens with one attached hydrogen (secondary N) is 9. The number of carboxylic acids is 1. The largest absolute Gasteiger partial charge is 0.477 e. The number of carbonyl (C=O) groups is 11. The van der Waals surface area contributed by atoms with Crippen LogP contribution < -0.4 is 68.3 Å². The number of nitro benzene ring substituents is 2. The van der Waals surface area contributed by atoms with E-state index in [0.717, 1.165) is 85.9 Å². The van der Waals surface area contributed by atoms with Gasteiger partial charge in [0.2, 0.25) is 0 Å². The molecular formula is C94H103Cl3IN17O20S3. The Balaban J connectivity index is 0.000000224. The van der Waals surface area contributed by atoms with Crippen molar-refractivity contribution in [2.24, 2.45) is 0 Å². The number of alkyl halides is 1. The number of likely N-dealkylation sites (N-methyl/N-ethyl adjacent to an activating group) is 1. The zero-order chi connectivity index (χ0) is 100. The number of nitrogen functional groups attached to an aromatic ring is 1. The summed E-state index contributed by atoms with van der Waals surface area (Å²) in [6, 6.07) is 65.2. The van der Waals surface area contributed by atoms with Gasteiger partial charge in [-0.25, -0.2) is 19.2 Å². The van der Waals surface area contributed by atoms with Gasteiger partial charge in [-0.15, -0.1) is 34.0 Å². The molecule has 0 unspecified atom stereocenters. The molecule has 16 rings (SSSR count). The number of amides is 9. The van der Waals surface area contributed by atoms with Crippen LogP contribution in [0.15, 0.2) is 231 Å². The number of thiophene rings is 3. The lowest BCUT2D eigenvalue weighted by atomic mass is 10.1. The lowest BCUT2D eigenvalue weighted by molar-refractivity contribution is -0.385. The number of aliphatic hydroxyl groups is 1. The Morgan fingerprint density at radius 3 is 1.14 bits per heavy atom. The van der Waals surface area contributed by atoms with Crippen LogP contribution in [0.1, 0.15) is 92.6 Å². The third kappa shape index (κ3) is 33.2. The van der Waals surface area contributed by atoms with Gasteiger partial charge in [0.25, 0.3) is 46.8 Å². The average molecular weight is 2120 g/mol. The summed E-state index contributed by atoms with van der Waals surface area (Å²) in [6.07, 6.45) is -1.62. The summed E-state index contributed by atoms with van der Waals surface area (Å²) in [6.45, 7) is 5.30. The summed E-state index contributed by atoms with van der Waals surface area (Å²) in [5.74, 6) is -2.77. The number of benzene rings is 8. The second kappa shape index (κ2) is 56.5. The minimum absolute atomic E-state index is 0. The second-order valence-electron chi connectivity index (χ2n) is 29.0. The van der Waals surface area contributed by atoms with Crippen LogP contribution in [-0.2, 0) is 19.0 Å². The molecule has 37 nitrogen and oxygen atoms in total. The third-order valence-electron chi connectivity index (χ3n) is 19.7. The Hall–Kier alpha value is -14.1. The van der Waals surface area contributed by atoms with Crippen LogP contribution in [0.25, 0.3) is 0 Å². The highest BCUT2D eigenvalue weighted by Gasteiger charge is 2.42. The fourth-order valence-electron chi connectivity index (χ4n) is 12.7. The molecule has 5 aliphatic rings. The first kappa shape index (κ1) is 109. The maximum Gasteiger partial charge on any atom is 0.414 e. The van der Waals surface area contributed by atoms with Gasteiger partial charge < -0.3 is 82.8 Å². The number of hydrogen-bond donors (Lipinski definition) is 12. The summed E-state index contributed by atoms with van der Waals surface area (Å²) in [5, 5.41) is 65.3. The highest BCUT2D eigenvalue weighted by Crippen LogP contribution is 2.32. The van der Waals surface area contributed by atoms with Crippen molar-refractivity contribution in [1.29, 1.82) is 0 Å². The van der Waals surface area contributed by atoms with Crippen molar-refractivity contribution in [3.05, 3.63) is 301 Å². The smallest absolute Gasteiger partial charge is 0.414 e. The number of aliphatic hydroxyl groups excluding tert-OH is 1. The number of non-ortho nitro benzene ring substituents is 2. The van der Waals surface area contributed by atoms with E-state index in [2.05, 4.69) is 54.8 Å². The van der Waals surface area contributed by atoms with Crippen LogP contribution in [0.2, 0.25) is 13.0 Å². The van der Waals surface area contributed by atoms with E-state index in [1.54, 1.807) is 115 Å². The monoisotopic (exact) mass is 2120 g/mol. The molecule has 5 aliphatic heterocycles. The van der Waals surface area contributed by atoms with E-state index >= 15 is 0 Å². The Kier molecular flexibility index (Phi) is 44.7. The zero-order valence-electron chi connectivity index (χ0n) is 75.5. The number of fused-ring (bicyclic) bond motifs is 2. The van der Waals surface area contributed by atoms with Crippen LogP contribution in [0.5, 0.6) is 0 Å². The SMILES string of the molecule is C.CCCNc1ccc(N2C[C@H](CNC(=O)c3ccc(Cl)s3)OC2=O)cc1.CNCC=O.CNc1ccc(N2C[C@H](CN3C(=O)c4ccccc4C3=O)OC2=O)cc1.CNc1ccc(N2C[C@H](CNC(=O)c3ccc(Cl)s3)OC2=O)cc1.CNc1ccc(NC[C@@H](O)CN2C(=O)c3ccccc3C2=O)cc1.CNc1ccc([N+](=O)[O-])cc1.Nc1ccc([N+](=O)[O-])cc1.O=C(O)c1ccc(Cl)s1.[2H]CI. The molecule has 3 saturated heterocycles. The molecule has 0 saturated carbocycles. The number of ether oxygens (including phenoxy) is 3. The van der Waals surface area contributed by atoms with Crippen molar-refractivity contribution < 1.29 is 88.4 Å². The number of β-amino-alcohol motifs (C(OH)–C–C–N with tert-alkyl or cyclic N) is 1. The number of nitrogens with zero attached hydrogens (tertiary/aromatic N) is 7. The highest BCUT2D eigenvalue weighted by molar-refractivity contribution is 14.1. The first-order valence-corrected chi connectivity index (χ1v) is 46.7. The molecule has 4 atom stereocenters. The number of nitrogens with two attached hydrogens (primary N) is 1. The molecule has 8 heterocycles. The number of aromatic carboxylic acids is 1. The lowest BCUT2D eigenvalue weighted by Gasteiger charge is -2.19. The van der Waals surface area contributed by atoms with Gasteiger partial charge in [0.15, 0.2) is 0 Å². The summed E-state index contributed by atoms with van der Waals surface area (Å²) in [4.78, 5) is 157. The van der Waals surface area contributed by atoms with E-state index in [1.807, 2.05) is 141 Å². The molecule has 0 radical (unpaired) electrons. The number of rotatable bonds is 28. The molecule has 0 aliphatic carbocycles. The minimum Gasteiger partial charge on any atom is -0.477 e. The van der Waals surface area contributed by atoms with Gasteiger partial charge in [0.1, 0.15) is 29.5 Å². The summed E-state index contributed by atoms with van der Waals surface area (Å²) in [7, 11) is 8.99. The van der Waals surface area contributed by atoms with Gasteiger partial charge in [-0.1, -0.05) is 96.0 Å². The highest BCUT2D eigenvalue weighted by atomic mass is 127. The molecule has 13 N–H and O–H groups in total. The lowest BCUT2D eigenvalue weighted by Crippen LogP contribution is -2.39. The zero-order valence-corrected chi connectivity index (χ0v) is 81.4. The Bertz CT molecular complexity index is 5880. The molecule has 9 amide bonds. The van der Waals surface area contributed by atoms with Crippen LogP contribution >= 0.6 is 91.4 Å². The van der Waals surface area contributed by atoms with E-state index in [4.69, 9.17) is 61.2 Å². The predicted octanol–water partition coefficient (Wildman–Crippen LogP) is 17.3. The predicted molar refractivity (Wildman–Crippen MR) is 551 cm³/mol. The van der Waals surface area contributed by atoms with Gasteiger partial charge in [-0.2, -0.15) is 0 Å². The Labute approximate surface area is 837 Å². The molecule has 138 heavy (non-hydrogen) atoms. The van der Waals surface area contributed by atoms with Gasteiger partial charge >= 0.3 is 24.2 Å². The van der Waals surface area contributed by atoms with Crippen molar-refractivity contribution in [1.82, 2.24) is 25.8 Å². The first-order chi connectivity index (χ1) is 66.3. The maximum absolute atomic E-state index is 12.4. The average Bonchev–Trinajstić information content (AvgIpc) is 1.63. The normalized spacial score (nSPS) is 14.5. The molecule has 0 bridgehead atoms. The van der Waals surface area contributed by atoms with Crippen LogP contribution in [-0.4, -0.2) is 226 Å². The maximum atomic E-state index is 12.4. The first-order valence-electron chi connectivity index (χ1n) is 42.3. The molecule has 3 fully saturated rings. The molecule has 11 aromatic rings.